The summed E-state index contributed by atoms with van der Waals surface area (Å²) in [6.45, 7) is 6.52. The van der Waals surface area contributed by atoms with E-state index < -0.39 is 134 Å². The molecule has 0 heterocycles. The minimum absolute atomic E-state index is 0.223. The van der Waals surface area contributed by atoms with Gasteiger partial charge in [-0.25, -0.2) is 87.8 Å². The molecule has 59 heavy (non-hydrogen) atoms. The van der Waals surface area contributed by atoms with E-state index in [1.807, 2.05) is 6.07 Å². The van der Waals surface area contributed by atoms with Gasteiger partial charge < -0.3 is 4.90 Å². The molecule has 316 valence electrons. The summed E-state index contributed by atoms with van der Waals surface area (Å²) in [5.74, 6) is -37.2. The molecule has 0 aliphatic rings. The van der Waals surface area contributed by atoms with Gasteiger partial charge in [-0.1, -0.05) is 18.2 Å². The van der Waals surface area contributed by atoms with Crippen LogP contribution in [0.2, 0.25) is 0 Å². The fraction of sp³-hybridized carbons (Fsp3) is 0.118. The first-order valence-corrected chi connectivity index (χ1v) is 20.0. The van der Waals surface area contributed by atoms with Crippen LogP contribution in [0.3, 0.4) is 0 Å². The van der Waals surface area contributed by atoms with Crippen molar-refractivity contribution < 1.29 is 87.8 Å². The van der Waals surface area contributed by atoms with E-state index in [4.69, 9.17) is 0 Å². The molecule has 0 aliphatic carbocycles. The van der Waals surface area contributed by atoms with Gasteiger partial charge in [0.15, 0.2) is 116 Å². The van der Waals surface area contributed by atoms with Crippen molar-refractivity contribution in [3.63, 3.8) is 0 Å². The lowest BCUT2D eigenvalue weighted by Crippen LogP contribution is -2.21. The average Bonchev–Trinajstić information content (AvgIpc) is 3.25. The van der Waals surface area contributed by atoms with Gasteiger partial charge in [-0.15, -0.1) is 0 Å². The van der Waals surface area contributed by atoms with E-state index >= 15 is 0 Å². The lowest BCUT2D eigenvalue weighted by Gasteiger charge is -2.20. The maximum absolute atomic E-state index is 12.4. The molecule has 1 nitrogen and oxygen atoms in total. The molecule has 0 bridgehead atoms. The predicted octanol–water partition coefficient (Wildman–Crippen LogP) is 5.09. The number of halogens is 20. The molecule has 5 rings (SSSR count). The summed E-state index contributed by atoms with van der Waals surface area (Å²) in [7, 11) is 0. The lowest BCUT2D eigenvalue weighted by molar-refractivity contribution is 0.384. The molecular weight excluding hydrogens is 910 g/mol. The second-order valence-electron chi connectivity index (χ2n) is 11.3. The number of nitrogens with zero attached hydrogens (tertiary/aromatic N) is 1. The van der Waals surface area contributed by atoms with E-state index in [0.29, 0.717) is 0 Å². The van der Waals surface area contributed by atoms with Crippen molar-refractivity contribution in [2.24, 2.45) is 0 Å². The van der Waals surface area contributed by atoms with Crippen molar-refractivity contribution in [3.05, 3.63) is 147 Å². The van der Waals surface area contributed by atoms with Crippen molar-refractivity contribution in [2.45, 2.75) is 13.8 Å². The second kappa shape index (κ2) is 23.6. The second-order valence-corrected chi connectivity index (χ2v) is 15.3. The SMILES string of the molecule is CCN(CC)c1ccccc1.Fc1c(F)c(F)[c]([AlH2])c(F)c1F.Fc1c(F)c(F)[c]([AlH2])c(F)c1F.Fc1c(F)c(F)[c]([AlH2])c(F)c1F.Fc1c(F)c(F)[c]([AlH2])c(F)c1F. The van der Waals surface area contributed by atoms with Crippen molar-refractivity contribution in [3.8, 4) is 0 Å². The highest BCUT2D eigenvalue weighted by molar-refractivity contribution is 6.33. The Labute approximate surface area is 353 Å². The third-order valence-corrected chi connectivity index (χ3v) is 11.1. The van der Waals surface area contributed by atoms with E-state index in [2.05, 4.69) is 43.0 Å². The zero-order chi connectivity index (χ0) is 46.0. The van der Waals surface area contributed by atoms with Gasteiger partial charge in [0, 0.05) is 18.8 Å². The molecule has 25 heteroatoms. The van der Waals surface area contributed by atoms with Crippen LogP contribution in [-0.4, -0.2) is 78.3 Å². The monoisotopic (exact) mass is 933 g/mol. The topological polar surface area (TPSA) is 3.24 Å². The molecule has 0 aromatic heterocycles. The number of para-hydroxylation sites is 1. The lowest BCUT2D eigenvalue weighted by atomic mass is 10.3. The van der Waals surface area contributed by atoms with Crippen molar-refractivity contribution in [1.82, 2.24) is 0 Å². The maximum atomic E-state index is 12.4. The zero-order valence-electron chi connectivity index (χ0n) is 30.8. The van der Waals surface area contributed by atoms with Crippen LogP contribution >= 0.6 is 0 Å². The molecule has 0 N–H and O–H groups in total. The van der Waals surface area contributed by atoms with Gasteiger partial charge in [0.05, 0.1) is 0 Å². The average molecular weight is 933 g/mol. The first-order valence-electron chi connectivity index (χ1n) is 16.0. The number of benzene rings is 5. The maximum Gasteiger partial charge on any atom is 0.268 e. The fourth-order valence-corrected chi connectivity index (χ4v) is 5.84. The number of anilines is 1. The van der Waals surface area contributed by atoms with Crippen molar-refractivity contribution >= 4 is 88.6 Å². The summed E-state index contributed by atoms with van der Waals surface area (Å²) in [6.07, 6.45) is 0. The Hall–Kier alpha value is -3.37. The summed E-state index contributed by atoms with van der Waals surface area (Å²) >= 11 is -0.893. The van der Waals surface area contributed by atoms with Gasteiger partial charge >= 0.3 is 0 Å². The van der Waals surface area contributed by atoms with Crippen molar-refractivity contribution in [2.75, 3.05) is 18.0 Å². The Morgan fingerprint density at radius 2 is 0.441 bits per heavy atom. The Kier molecular flexibility index (Phi) is 21.4. The molecule has 5 aromatic carbocycles. The molecule has 0 fully saturated rings. The number of hydrogen-bond acceptors (Lipinski definition) is 1. The van der Waals surface area contributed by atoms with Gasteiger partial charge in [0.25, 0.3) is 65.2 Å². The quantitative estimate of drug-likeness (QED) is 0.106. The van der Waals surface area contributed by atoms with Gasteiger partial charge in [-0.3, -0.25) is 0 Å². The van der Waals surface area contributed by atoms with Gasteiger partial charge in [-0.05, 0) is 43.7 Å². The first kappa shape index (κ1) is 53.6. The molecule has 0 saturated heterocycles. The molecule has 0 aliphatic heterocycles. The van der Waals surface area contributed by atoms with Crippen LogP contribution in [0.4, 0.5) is 93.5 Å². The molecular formula is C34H23Al4F20N. The van der Waals surface area contributed by atoms with E-state index in [1.165, 1.54) is 5.69 Å². The van der Waals surface area contributed by atoms with Crippen molar-refractivity contribution in [1.29, 1.82) is 0 Å². The molecule has 5 aromatic rings. The van der Waals surface area contributed by atoms with E-state index in [0.717, 1.165) is 13.1 Å². The van der Waals surface area contributed by atoms with E-state index in [1.54, 1.807) is 0 Å². The highest BCUT2D eigenvalue weighted by Gasteiger charge is 2.25. The third-order valence-electron chi connectivity index (χ3n) is 7.60. The molecule has 0 unspecified atom stereocenters. The fourth-order valence-electron chi connectivity index (χ4n) is 4.09. The van der Waals surface area contributed by atoms with Crippen LogP contribution in [0, 0.1) is 116 Å². The van der Waals surface area contributed by atoms with Crippen LogP contribution in [0.1, 0.15) is 13.8 Å². The summed E-state index contributed by atoms with van der Waals surface area (Å²) in [4.78, 5) is 2.33. The summed E-state index contributed by atoms with van der Waals surface area (Å²) < 4.78 is 244. The highest BCUT2D eigenvalue weighted by Crippen LogP contribution is 2.18. The minimum Gasteiger partial charge on any atom is -0.372 e. The van der Waals surface area contributed by atoms with Gasteiger partial charge in [0.2, 0.25) is 0 Å². The summed E-state index contributed by atoms with van der Waals surface area (Å²) in [6, 6.07) is 10.5. The van der Waals surface area contributed by atoms with Gasteiger partial charge in [0.1, 0.15) is 0 Å². The van der Waals surface area contributed by atoms with Crippen LogP contribution in [0.25, 0.3) is 0 Å². The Bertz CT molecular complexity index is 1580. The van der Waals surface area contributed by atoms with Crippen LogP contribution in [0.15, 0.2) is 30.3 Å². The van der Waals surface area contributed by atoms with Crippen LogP contribution in [0.5, 0.6) is 0 Å². The number of rotatable bonds is 3. The Balaban J connectivity index is 0.000000369. The van der Waals surface area contributed by atoms with Gasteiger partial charge in [-0.2, -0.15) is 0 Å². The van der Waals surface area contributed by atoms with Crippen LogP contribution < -0.4 is 22.6 Å². The molecule has 0 saturated carbocycles. The molecule has 0 atom stereocenters. The van der Waals surface area contributed by atoms with Crippen LogP contribution in [-0.2, 0) is 0 Å². The smallest absolute Gasteiger partial charge is 0.268 e. The Morgan fingerprint density at radius 3 is 0.593 bits per heavy atom. The predicted molar refractivity (Wildman–Crippen MR) is 188 cm³/mol. The standard InChI is InChI=1S/C10H15N.4C6F5.4Al.8H/c1-3-11(4-2)10-8-6-5-7-9-10;4*7-2-1-3(8)5(10)6(11)4(2)9;;;;;;;;;;;;/h5-9H,3-4H2,1-2H3;;;;;;;;;;;;;;;;. The number of hydrogen-bond donors (Lipinski definition) is 0. The summed E-state index contributed by atoms with van der Waals surface area (Å²) in [5.41, 5.74) is 1.32. The minimum atomic E-state index is -2.11. The normalized spacial score (nSPS) is 10.3. The van der Waals surface area contributed by atoms with E-state index in [-0.39, 0.29) is 65.2 Å². The van der Waals surface area contributed by atoms with E-state index in [9.17, 15) is 87.8 Å². The zero-order valence-corrected chi connectivity index (χ0v) is 38.8. The molecule has 0 spiro atoms. The Morgan fingerprint density at radius 1 is 0.288 bits per heavy atom. The third kappa shape index (κ3) is 12.8. The first-order chi connectivity index (χ1) is 27.2. The highest BCUT2D eigenvalue weighted by atomic mass is 27.1. The largest absolute Gasteiger partial charge is 0.372 e. The molecule has 0 amide bonds. The molecule has 0 radical (unpaired) electrons. The summed E-state index contributed by atoms with van der Waals surface area (Å²) in [5, 5.41) is 0.